The van der Waals surface area contributed by atoms with Gasteiger partial charge in [-0.25, -0.2) is 4.79 Å². The number of carbonyl (C=O) groups is 2. The lowest BCUT2D eigenvalue weighted by molar-refractivity contribution is 0.0474. The molecule has 25 heavy (non-hydrogen) atoms. The molecule has 0 radical (unpaired) electrons. The Morgan fingerprint density at radius 2 is 1.80 bits per heavy atom. The Bertz CT molecular complexity index is 760. The predicted molar refractivity (Wildman–Crippen MR) is 94.0 cm³/mol. The van der Waals surface area contributed by atoms with Crippen molar-refractivity contribution in [2.24, 2.45) is 0 Å². The maximum absolute atomic E-state index is 12.2. The van der Waals surface area contributed by atoms with Crippen LogP contribution in [0.25, 0.3) is 0 Å². The Kier molecular flexibility index (Phi) is 6.51. The molecule has 2 aromatic rings. The highest BCUT2D eigenvalue weighted by Crippen LogP contribution is 2.28. The molecule has 7 nitrogen and oxygen atoms in total. The molecule has 1 N–H and O–H groups in total. The molecular formula is C17H15BrNO6-. The van der Waals surface area contributed by atoms with Crippen LogP contribution in [0.2, 0.25) is 0 Å². The van der Waals surface area contributed by atoms with Gasteiger partial charge in [0.1, 0.15) is 5.75 Å². The summed E-state index contributed by atoms with van der Waals surface area (Å²) in [6, 6.07) is 10.5. The van der Waals surface area contributed by atoms with Crippen LogP contribution in [0.15, 0.2) is 46.9 Å². The second kappa shape index (κ2) is 8.61. The molecule has 0 aliphatic heterocycles. The number of anilines is 1. The largest absolute Gasteiger partial charge is 0.733 e. The molecule has 0 aromatic heterocycles. The maximum Gasteiger partial charge on any atom is 0.338 e. The van der Waals surface area contributed by atoms with E-state index in [1.807, 2.05) is 0 Å². The lowest BCUT2D eigenvalue weighted by atomic mass is 10.1. The summed E-state index contributed by atoms with van der Waals surface area (Å²) in [7, 11) is 0. The standard InChI is InChI=1S/C17H15BrNO6/c1-2-24-16-8-5-12(9-14(16)19(22)23)15(20)10-25-17(21)11-3-6-13(18)7-4-11/h3-9,22H,2,10H2,1H3/q-1. The van der Waals surface area contributed by atoms with Crippen LogP contribution in [0.3, 0.4) is 0 Å². The molecule has 0 saturated carbocycles. The lowest BCUT2D eigenvalue weighted by Gasteiger charge is -2.24. The molecule has 0 fully saturated rings. The van der Waals surface area contributed by atoms with E-state index in [-0.39, 0.29) is 22.2 Å². The quantitative estimate of drug-likeness (QED) is 0.424. The van der Waals surface area contributed by atoms with Crippen LogP contribution >= 0.6 is 15.9 Å². The van der Waals surface area contributed by atoms with Crippen molar-refractivity contribution in [2.75, 3.05) is 18.4 Å². The van der Waals surface area contributed by atoms with Crippen molar-refractivity contribution < 1.29 is 24.3 Å². The van der Waals surface area contributed by atoms with Crippen molar-refractivity contribution in [3.63, 3.8) is 0 Å². The molecule has 0 heterocycles. The Morgan fingerprint density at radius 3 is 2.40 bits per heavy atom. The van der Waals surface area contributed by atoms with Gasteiger partial charge < -0.3 is 19.9 Å². The molecule has 0 spiro atoms. The van der Waals surface area contributed by atoms with Crippen molar-refractivity contribution >= 4 is 33.4 Å². The summed E-state index contributed by atoms with van der Waals surface area (Å²) in [5.41, 5.74) is 0.216. The number of nitrogens with zero attached hydrogens (tertiary/aromatic N) is 1. The van der Waals surface area contributed by atoms with Crippen LogP contribution in [0.1, 0.15) is 27.6 Å². The SMILES string of the molecule is CCOc1ccc(C(=O)COC(=O)c2ccc(Br)cc2)cc1N([O-])O. The fourth-order valence-electron chi connectivity index (χ4n) is 2.00. The Labute approximate surface area is 152 Å². The molecular weight excluding hydrogens is 394 g/mol. The number of ketones is 1. The summed E-state index contributed by atoms with van der Waals surface area (Å²) in [6.07, 6.45) is 0. The van der Waals surface area contributed by atoms with Gasteiger partial charge >= 0.3 is 5.97 Å². The monoisotopic (exact) mass is 408 g/mol. The highest BCUT2D eigenvalue weighted by atomic mass is 79.9. The van der Waals surface area contributed by atoms with Crippen molar-refractivity contribution in [3.05, 3.63) is 63.3 Å². The first-order valence-corrected chi connectivity index (χ1v) is 8.10. The number of halogens is 1. The van der Waals surface area contributed by atoms with Gasteiger partial charge in [0.05, 0.1) is 17.9 Å². The highest BCUT2D eigenvalue weighted by molar-refractivity contribution is 9.10. The third-order valence-electron chi connectivity index (χ3n) is 3.20. The fraction of sp³-hybridized carbons (Fsp3) is 0.176. The smallest absolute Gasteiger partial charge is 0.338 e. The lowest BCUT2D eigenvalue weighted by Crippen LogP contribution is -2.16. The zero-order valence-electron chi connectivity index (χ0n) is 13.3. The first kappa shape index (κ1) is 18.9. The van der Waals surface area contributed by atoms with Crippen molar-refractivity contribution in [2.45, 2.75) is 6.92 Å². The third-order valence-corrected chi connectivity index (χ3v) is 3.73. The first-order valence-electron chi connectivity index (χ1n) is 7.31. The number of hydrogen-bond donors (Lipinski definition) is 1. The van der Waals surface area contributed by atoms with E-state index in [0.717, 1.165) is 4.47 Å². The van der Waals surface area contributed by atoms with E-state index in [2.05, 4.69) is 15.9 Å². The predicted octanol–water partition coefficient (Wildman–Crippen LogP) is 3.58. The van der Waals surface area contributed by atoms with Crippen LogP contribution < -0.4 is 9.96 Å². The van der Waals surface area contributed by atoms with E-state index in [1.165, 1.54) is 18.2 Å². The Balaban J connectivity index is 2.06. The zero-order valence-corrected chi connectivity index (χ0v) is 14.9. The number of Topliss-reactive ketones (excluding diaryl/α,β-unsaturated/α-hetero) is 1. The zero-order chi connectivity index (χ0) is 18.4. The second-order valence-electron chi connectivity index (χ2n) is 4.89. The van der Waals surface area contributed by atoms with Gasteiger partial charge in [0, 0.05) is 10.0 Å². The molecule has 2 aromatic carbocycles. The summed E-state index contributed by atoms with van der Waals surface area (Å²) >= 11 is 3.26. The first-order chi connectivity index (χ1) is 11.9. The van der Waals surface area contributed by atoms with E-state index in [1.54, 1.807) is 31.2 Å². The van der Waals surface area contributed by atoms with Crippen LogP contribution in [-0.4, -0.2) is 30.2 Å². The summed E-state index contributed by atoms with van der Waals surface area (Å²) < 4.78 is 11.0. The molecule has 0 unspecified atom stereocenters. The van der Waals surface area contributed by atoms with Crippen LogP contribution in [0.4, 0.5) is 5.69 Å². The topological polar surface area (TPSA) is 99.1 Å². The van der Waals surface area contributed by atoms with Crippen molar-refractivity contribution in [3.8, 4) is 5.75 Å². The number of hydrogen-bond acceptors (Lipinski definition) is 7. The maximum atomic E-state index is 12.2. The Hall–Kier alpha value is -2.42. The minimum absolute atomic E-state index is 0.108. The average molecular weight is 409 g/mol. The van der Waals surface area contributed by atoms with E-state index in [9.17, 15) is 14.8 Å². The molecule has 0 atom stereocenters. The summed E-state index contributed by atoms with van der Waals surface area (Å²) in [6.45, 7) is 1.52. The summed E-state index contributed by atoms with van der Waals surface area (Å²) in [4.78, 5) is 24.0. The van der Waals surface area contributed by atoms with Crippen LogP contribution in [0, 0.1) is 5.21 Å². The van der Waals surface area contributed by atoms with Crippen molar-refractivity contribution in [1.29, 1.82) is 0 Å². The summed E-state index contributed by atoms with van der Waals surface area (Å²) in [5, 5.41) is 19.9. The Morgan fingerprint density at radius 1 is 1.16 bits per heavy atom. The third kappa shape index (κ3) is 5.02. The van der Waals surface area contributed by atoms with Crippen LogP contribution in [0.5, 0.6) is 5.75 Å². The number of carbonyl (C=O) groups excluding carboxylic acids is 2. The molecule has 0 aliphatic rings. The highest BCUT2D eigenvalue weighted by Gasteiger charge is 2.14. The van der Waals surface area contributed by atoms with Gasteiger partial charge in [-0.3, -0.25) is 10.0 Å². The minimum Gasteiger partial charge on any atom is -0.733 e. The van der Waals surface area contributed by atoms with Gasteiger partial charge in [-0.1, -0.05) is 15.9 Å². The van der Waals surface area contributed by atoms with Gasteiger partial charge in [0.2, 0.25) is 0 Å². The van der Waals surface area contributed by atoms with E-state index < -0.39 is 18.4 Å². The average Bonchev–Trinajstić information content (AvgIpc) is 2.60. The van der Waals surface area contributed by atoms with Crippen LogP contribution in [-0.2, 0) is 4.74 Å². The van der Waals surface area contributed by atoms with Gasteiger partial charge in [0.15, 0.2) is 12.4 Å². The molecule has 132 valence electrons. The van der Waals surface area contributed by atoms with Crippen molar-refractivity contribution in [1.82, 2.24) is 0 Å². The molecule has 0 aliphatic carbocycles. The van der Waals surface area contributed by atoms with Gasteiger partial charge in [-0.15, -0.1) is 0 Å². The van der Waals surface area contributed by atoms with Gasteiger partial charge in [-0.05, 0) is 49.4 Å². The van der Waals surface area contributed by atoms with Gasteiger partial charge in [0.25, 0.3) is 0 Å². The molecule has 0 bridgehead atoms. The summed E-state index contributed by atoms with van der Waals surface area (Å²) in [5.74, 6) is -1.01. The number of benzene rings is 2. The van der Waals surface area contributed by atoms with Gasteiger partial charge in [-0.2, -0.15) is 0 Å². The molecule has 8 heteroatoms. The minimum atomic E-state index is -0.639. The molecule has 2 rings (SSSR count). The number of esters is 1. The fourth-order valence-corrected chi connectivity index (χ4v) is 2.27. The van der Waals surface area contributed by atoms with E-state index in [4.69, 9.17) is 14.7 Å². The van der Waals surface area contributed by atoms with E-state index in [0.29, 0.717) is 12.2 Å². The number of ether oxygens (including phenoxy) is 2. The molecule has 0 amide bonds. The van der Waals surface area contributed by atoms with E-state index >= 15 is 0 Å². The second-order valence-corrected chi connectivity index (χ2v) is 5.81. The normalized spacial score (nSPS) is 10.2. The number of rotatable bonds is 7. The molecule has 0 saturated heterocycles.